The van der Waals surface area contributed by atoms with E-state index in [1.165, 1.54) is 5.56 Å². The third-order valence-corrected chi connectivity index (χ3v) is 4.16. The predicted octanol–water partition coefficient (Wildman–Crippen LogP) is 4.20. The summed E-state index contributed by atoms with van der Waals surface area (Å²) in [6, 6.07) is 16.3. The lowest BCUT2D eigenvalue weighted by atomic mass is 10.1. The predicted molar refractivity (Wildman–Crippen MR) is 98.1 cm³/mol. The number of anilines is 1. The van der Waals surface area contributed by atoms with Gasteiger partial charge in [-0.2, -0.15) is 0 Å². The molecule has 24 heavy (non-hydrogen) atoms. The minimum Gasteiger partial charge on any atom is -0.496 e. The van der Waals surface area contributed by atoms with Crippen LogP contribution in [0.5, 0.6) is 11.5 Å². The molecule has 1 heterocycles. The Kier molecular flexibility index (Phi) is 4.56. The lowest BCUT2D eigenvalue weighted by Gasteiger charge is -2.21. The van der Waals surface area contributed by atoms with Gasteiger partial charge >= 0.3 is 0 Å². The molecule has 0 N–H and O–H groups in total. The van der Waals surface area contributed by atoms with Crippen molar-refractivity contribution in [2.45, 2.75) is 13.5 Å². The monoisotopic (exact) mass is 322 g/mol. The lowest BCUT2D eigenvalue weighted by Crippen LogP contribution is -2.18. The van der Waals surface area contributed by atoms with Gasteiger partial charge in [-0.1, -0.05) is 30.3 Å². The van der Waals surface area contributed by atoms with Crippen LogP contribution in [-0.2, 0) is 6.54 Å². The normalized spacial score (nSPS) is 10.7. The van der Waals surface area contributed by atoms with E-state index in [2.05, 4.69) is 42.2 Å². The molecule has 2 aromatic carbocycles. The van der Waals surface area contributed by atoms with Crippen LogP contribution in [-0.4, -0.2) is 26.3 Å². The van der Waals surface area contributed by atoms with Crippen molar-refractivity contribution in [3.05, 3.63) is 59.7 Å². The first-order valence-electron chi connectivity index (χ1n) is 7.91. The van der Waals surface area contributed by atoms with E-state index < -0.39 is 0 Å². The van der Waals surface area contributed by atoms with Gasteiger partial charge in [-0.3, -0.25) is 0 Å². The zero-order chi connectivity index (χ0) is 17.1. The van der Waals surface area contributed by atoms with Crippen LogP contribution >= 0.6 is 0 Å². The van der Waals surface area contributed by atoms with E-state index in [1.54, 1.807) is 14.2 Å². The topological polar surface area (TPSA) is 34.6 Å². The Labute approximate surface area is 142 Å². The average molecular weight is 322 g/mol. The Morgan fingerprint density at radius 2 is 1.62 bits per heavy atom. The Morgan fingerprint density at radius 1 is 0.958 bits per heavy atom. The molecule has 0 aliphatic rings. The maximum absolute atomic E-state index is 5.50. The lowest BCUT2D eigenvalue weighted by molar-refractivity contribution is 0.409. The molecule has 0 aliphatic heterocycles. The smallest absolute Gasteiger partial charge is 0.145 e. The number of benzene rings is 2. The highest BCUT2D eigenvalue weighted by atomic mass is 16.5. The van der Waals surface area contributed by atoms with Crippen molar-refractivity contribution in [1.82, 2.24) is 4.98 Å². The number of rotatable bonds is 5. The second-order valence-corrected chi connectivity index (χ2v) is 5.83. The van der Waals surface area contributed by atoms with Crippen molar-refractivity contribution in [3.8, 4) is 11.5 Å². The van der Waals surface area contributed by atoms with Crippen molar-refractivity contribution >= 4 is 16.7 Å². The van der Waals surface area contributed by atoms with Crippen molar-refractivity contribution in [2.24, 2.45) is 0 Å². The number of methoxy groups -OCH3 is 2. The summed E-state index contributed by atoms with van der Waals surface area (Å²) in [6.07, 6.45) is 0. The zero-order valence-corrected chi connectivity index (χ0v) is 14.5. The van der Waals surface area contributed by atoms with E-state index in [9.17, 15) is 0 Å². The molecule has 0 atom stereocenters. The molecule has 0 saturated heterocycles. The van der Waals surface area contributed by atoms with E-state index in [1.807, 2.05) is 25.2 Å². The summed E-state index contributed by atoms with van der Waals surface area (Å²) >= 11 is 0. The number of hydrogen-bond donors (Lipinski definition) is 0. The maximum atomic E-state index is 5.50. The third-order valence-electron chi connectivity index (χ3n) is 4.16. The van der Waals surface area contributed by atoms with Crippen LogP contribution < -0.4 is 14.4 Å². The van der Waals surface area contributed by atoms with Crippen LogP contribution in [0.25, 0.3) is 10.9 Å². The summed E-state index contributed by atoms with van der Waals surface area (Å²) in [4.78, 5) is 6.97. The highest BCUT2D eigenvalue weighted by Gasteiger charge is 2.14. The second-order valence-electron chi connectivity index (χ2n) is 5.83. The summed E-state index contributed by atoms with van der Waals surface area (Å²) < 4.78 is 11.0. The Balaban J connectivity index is 2.06. The highest BCUT2D eigenvalue weighted by molar-refractivity contribution is 5.94. The van der Waals surface area contributed by atoms with Crippen LogP contribution in [0.15, 0.2) is 48.5 Å². The molecular formula is C20H22N2O2. The van der Waals surface area contributed by atoms with Gasteiger partial charge in [-0.25, -0.2) is 4.98 Å². The molecule has 4 heteroatoms. The molecule has 3 rings (SSSR count). The fourth-order valence-corrected chi connectivity index (χ4v) is 2.93. The molecule has 1 aromatic heterocycles. The average Bonchev–Trinajstić information content (AvgIpc) is 2.61. The standard InChI is InChI=1S/C20H22N2O2/c1-14-12-18(22(2)13-15-8-6-5-7-9-15)21-20-17(24-4)11-10-16(23-3)19(14)20/h5-12H,13H2,1-4H3. The van der Waals surface area contributed by atoms with Gasteiger partial charge in [0.1, 0.15) is 22.8 Å². The first kappa shape index (κ1) is 16.1. The highest BCUT2D eigenvalue weighted by Crippen LogP contribution is 2.35. The minimum absolute atomic E-state index is 0.754. The molecule has 0 bridgehead atoms. The largest absolute Gasteiger partial charge is 0.496 e. The molecule has 0 unspecified atom stereocenters. The summed E-state index contributed by atoms with van der Waals surface area (Å²) in [5.41, 5.74) is 3.19. The summed E-state index contributed by atoms with van der Waals surface area (Å²) in [7, 11) is 5.39. The number of pyridine rings is 1. The van der Waals surface area contributed by atoms with E-state index >= 15 is 0 Å². The molecule has 124 valence electrons. The number of ether oxygens (including phenoxy) is 2. The van der Waals surface area contributed by atoms with Crippen LogP contribution in [0.3, 0.4) is 0 Å². The molecule has 0 amide bonds. The van der Waals surface area contributed by atoms with Gasteiger partial charge in [0.15, 0.2) is 0 Å². The fourth-order valence-electron chi connectivity index (χ4n) is 2.93. The number of aromatic nitrogens is 1. The first-order chi connectivity index (χ1) is 11.6. The second kappa shape index (κ2) is 6.79. The van der Waals surface area contributed by atoms with Crippen molar-refractivity contribution < 1.29 is 9.47 Å². The van der Waals surface area contributed by atoms with Crippen LogP contribution in [0.1, 0.15) is 11.1 Å². The molecule has 0 spiro atoms. The van der Waals surface area contributed by atoms with Crippen molar-refractivity contribution in [2.75, 3.05) is 26.2 Å². The van der Waals surface area contributed by atoms with E-state index in [4.69, 9.17) is 14.5 Å². The quantitative estimate of drug-likeness (QED) is 0.705. The third kappa shape index (κ3) is 3.00. The van der Waals surface area contributed by atoms with Gasteiger partial charge < -0.3 is 14.4 Å². The van der Waals surface area contributed by atoms with Gasteiger partial charge in [0.25, 0.3) is 0 Å². The van der Waals surface area contributed by atoms with Gasteiger partial charge in [-0.05, 0) is 36.2 Å². The fraction of sp³-hybridized carbons (Fsp3) is 0.250. The van der Waals surface area contributed by atoms with Crippen molar-refractivity contribution in [1.29, 1.82) is 0 Å². The Bertz CT molecular complexity index is 847. The molecule has 4 nitrogen and oxygen atoms in total. The van der Waals surface area contributed by atoms with E-state index in [0.717, 1.165) is 40.3 Å². The molecule has 0 radical (unpaired) electrons. The summed E-state index contributed by atoms with van der Waals surface area (Å²) in [5.74, 6) is 2.48. The van der Waals surface area contributed by atoms with Crippen molar-refractivity contribution in [3.63, 3.8) is 0 Å². The summed E-state index contributed by atoms with van der Waals surface area (Å²) in [5, 5.41) is 0.994. The van der Waals surface area contributed by atoms with Crippen LogP contribution in [0.4, 0.5) is 5.82 Å². The van der Waals surface area contributed by atoms with Gasteiger partial charge in [-0.15, -0.1) is 0 Å². The Hall–Kier alpha value is -2.75. The molecule has 0 saturated carbocycles. The molecule has 3 aromatic rings. The maximum Gasteiger partial charge on any atom is 0.145 e. The number of hydrogen-bond acceptors (Lipinski definition) is 4. The number of aryl methyl sites for hydroxylation is 1. The van der Waals surface area contributed by atoms with Crippen LogP contribution in [0.2, 0.25) is 0 Å². The Morgan fingerprint density at radius 3 is 2.29 bits per heavy atom. The van der Waals surface area contributed by atoms with E-state index in [-0.39, 0.29) is 0 Å². The number of fused-ring (bicyclic) bond motifs is 1. The SMILES string of the molecule is COc1ccc(OC)c2c(C)cc(N(C)Cc3ccccc3)nc12. The van der Waals surface area contributed by atoms with Gasteiger partial charge in [0, 0.05) is 19.0 Å². The minimum atomic E-state index is 0.754. The molecular weight excluding hydrogens is 300 g/mol. The first-order valence-corrected chi connectivity index (χ1v) is 7.91. The number of nitrogens with zero attached hydrogens (tertiary/aromatic N) is 2. The zero-order valence-electron chi connectivity index (χ0n) is 14.5. The molecule has 0 aliphatic carbocycles. The summed E-state index contributed by atoms with van der Waals surface area (Å²) in [6.45, 7) is 2.87. The van der Waals surface area contributed by atoms with Crippen LogP contribution in [0, 0.1) is 6.92 Å². The van der Waals surface area contributed by atoms with Gasteiger partial charge in [0.05, 0.1) is 14.2 Å². The van der Waals surface area contributed by atoms with E-state index in [0.29, 0.717) is 0 Å². The van der Waals surface area contributed by atoms with Gasteiger partial charge in [0.2, 0.25) is 0 Å². The molecule has 0 fully saturated rings.